The molecule has 0 aliphatic heterocycles. The molecule has 7 nitrogen and oxygen atoms in total. The van der Waals surface area contributed by atoms with Gasteiger partial charge in [0.15, 0.2) is 5.76 Å². The lowest BCUT2D eigenvalue weighted by Crippen LogP contribution is -2.25. The summed E-state index contributed by atoms with van der Waals surface area (Å²) in [4.78, 5) is 36.5. The first-order valence-corrected chi connectivity index (χ1v) is 9.40. The summed E-state index contributed by atoms with van der Waals surface area (Å²) in [5.41, 5.74) is 2.02. The lowest BCUT2D eigenvalue weighted by Gasteiger charge is -2.11. The topological polar surface area (TPSA) is 97.6 Å². The smallest absolute Gasteiger partial charge is 0.337 e. The number of rotatable bonds is 7. The van der Waals surface area contributed by atoms with Crippen molar-refractivity contribution in [1.82, 2.24) is 5.32 Å². The summed E-state index contributed by atoms with van der Waals surface area (Å²) in [7, 11) is 1.27. The van der Waals surface area contributed by atoms with Crippen LogP contribution in [0.5, 0.6) is 0 Å². The Morgan fingerprint density at radius 1 is 1.03 bits per heavy atom. The molecule has 8 heteroatoms. The fourth-order valence-electron chi connectivity index (χ4n) is 2.80. The molecule has 0 bridgehead atoms. The molecule has 2 N–H and O–H groups in total. The second-order valence-corrected chi connectivity index (χ2v) is 6.86. The van der Waals surface area contributed by atoms with Gasteiger partial charge in [0.2, 0.25) is 5.91 Å². The first kappa shape index (κ1) is 21.1. The van der Waals surface area contributed by atoms with Crippen LogP contribution in [0, 0.1) is 0 Å². The highest BCUT2D eigenvalue weighted by Gasteiger charge is 2.14. The molecule has 0 saturated heterocycles. The number of nitrogens with one attached hydrogen (secondary N) is 2. The maximum Gasteiger partial charge on any atom is 0.337 e. The average molecular weight is 427 g/mol. The van der Waals surface area contributed by atoms with E-state index in [4.69, 9.17) is 20.8 Å². The molecule has 0 spiro atoms. The van der Waals surface area contributed by atoms with Gasteiger partial charge in [-0.15, -0.1) is 0 Å². The predicted molar refractivity (Wildman–Crippen MR) is 111 cm³/mol. The minimum absolute atomic E-state index is 0.134. The summed E-state index contributed by atoms with van der Waals surface area (Å²) >= 11 is 5.94. The van der Waals surface area contributed by atoms with Gasteiger partial charge in [-0.3, -0.25) is 9.59 Å². The normalized spacial score (nSPS) is 10.3. The van der Waals surface area contributed by atoms with Crippen LogP contribution in [0.4, 0.5) is 5.69 Å². The zero-order chi connectivity index (χ0) is 21.5. The number of hydrogen-bond donors (Lipinski definition) is 2. The van der Waals surface area contributed by atoms with Crippen LogP contribution in [-0.2, 0) is 22.5 Å². The van der Waals surface area contributed by atoms with E-state index in [1.165, 1.54) is 25.5 Å². The zero-order valence-electron chi connectivity index (χ0n) is 16.1. The molecule has 0 aliphatic rings. The van der Waals surface area contributed by atoms with Crippen molar-refractivity contribution >= 4 is 35.1 Å². The Morgan fingerprint density at radius 3 is 2.57 bits per heavy atom. The van der Waals surface area contributed by atoms with Gasteiger partial charge in [-0.2, -0.15) is 0 Å². The Labute approximate surface area is 178 Å². The number of methoxy groups -OCH3 is 1. The summed E-state index contributed by atoms with van der Waals surface area (Å²) in [6.07, 6.45) is 1.56. The number of halogens is 1. The van der Waals surface area contributed by atoms with Crippen molar-refractivity contribution in [2.45, 2.75) is 13.0 Å². The van der Waals surface area contributed by atoms with Gasteiger partial charge in [0.05, 0.1) is 25.4 Å². The Balaban J connectivity index is 1.71. The molecule has 0 radical (unpaired) electrons. The third-order valence-electron chi connectivity index (χ3n) is 4.16. The molecule has 0 atom stereocenters. The van der Waals surface area contributed by atoms with Gasteiger partial charge >= 0.3 is 5.97 Å². The van der Waals surface area contributed by atoms with Crippen molar-refractivity contribution in [3.05, 3.63) is 88.3 Å². The fourth-order valence-corrected chi connectivity index (χ4v) is 3.01. The third-order valence-corrected chi connectivity index (χ3v) is 4.40. The molecule has 2 aromatic carbocycles. The Hall–Kier alpha value is -3.58. The summed E-state index contributed by atoms with van der Waals surface area (Å²) in [5, 5.41) is 6.02. The number of carbonyl (C=O) groups excluding carboxylic acids is 3. The van der Waals surface area contributed by atoms with Crippen LogP contribution in [0.3, 0.4) is 0 Å². The molecule has 0 unspecified atom stereocenters. The number of hydrogen-bond acceptors (Lipinski definition) is 5. The third kappa shape index (κ3) is 5.71. The lowest BCUT2D eigenvalue weighted by molar-refractivity contribution is -0.120. The largest absolute Gasteiger partial charge is 0.465 e. The molecular formula is C22H19ClN2O5. The predicted octanol–water partition coefficient (Wildman–Crippen LogP) is 3.83. The molecule has 0 fully saturated rings. The minimum atomic E-state index is -0.560. The maximum absolute atomic E-state index is 12.3. The van der Waals surface area contributed by atoms with Gasteiger partial charge in [-0.25, -0.2) is 4.79 Å². The van der Waals surface area contributed by atoms with Gasteiger partial charge < -0.3 is 19.8 Å². The highest BCUT2D eigenvalue weighted by atomic mass is 35.5. The summed E-state index contributed by atoms with van der Waals surface area (Å²) < 4.78 is 9.84. The lowest BCUT2D eigenvalue weighted by atomic mass is 10.1. The molecule has 154 valence electrons. The summed E-state index contributed by atoms with van der Waals surface area (Å²) in [5.74, 6) is -1.09. The van der Waals surface area contributed by atoms with Crippen LogP contribution in [0.15, 0.2) is 65.3 Å². The van der Waals surface area contributed by atoms with E-state index in [0.717, 1.165) is 5.56 Å². The van der Waals surface area contributed by atoms with Gasteiger partial charge in [-0.1, -0.05) is 23.7 Å². The number of carbonyl (C=O) groups is 3. The van der Waals surface area contributed by atoms with Gasteiger partial charge in [0.1, 0.15) is 0 Å². The van der Waals surface area contributed by atoms with Crippen molar-refractivity contribution in [2.75, 3.05) is 12.4 Å². The number of anilines is 1. The SMILES string of the molecule is COC(=O)c1cc(CNC(=O)Cc2cccc(Cl)c2)cc(NC(=O)c2ccco2)c1. The van der Waals surface area contributed by atoms with E-state index >= 15 is 0 Å². The average Bonchev–Trinajstić information content (AvgIpc) is 3.26. The molecule has 1 heterocycles. The van der Waals surface area contributed by atoms with Crippen LogP contribution in [0.1, 0.15) is 32.0 Å². The first-order chi connectivity index (χ1) is 14.4. The van der Waals surface area contributed by atoms with Crippen molar-refractivity contribution in [3.63, 3.8) is 0 Å². The molecule has 3 aromatic rings. The van der Waals surface area contributed by atoms with E-state index < -0.39 is 11.9 Å². The highest BCUT2D eigenvalue weighted by Crippen LogP contribution is 2.18. The van der Waals surface area contributed by atoms with Gasteiger partial charge in [0.25, 0.3) is 5.91 Å². The van der Waals surface area contributed by atoms with Crippen LogP contribution in [0.25, 0.3) is 0 Å². The second-order valence-electron chi connectivity index (χ2n) is 6.43. The van der Waals surface area contributed by atoms with E-state index in [2.05, 4.69) is 10.6 Å². The van der Waals surface area contributed by atoms with Gasteiger partial charge in [-0.05, 0) is 53.6 Å². The van der Waals surface area contributed by atoms with Crippen molar-refractivity contribution in [3.8, 4) is 0 Å². The fraction of sp³-hybridized carbons (Fsp3) is 0.136. The van der Waals surface area contributed by atoms with E-state index in [1.54, 1.807) is 36.4 Å². The van der Waals surface area contributed by atoms with Crippen molar-refractivity contribution in [1.29, 1.82) is 0 Å². The van der Waals surface area contributed by atoms with Gasteiger partial charge in [0, 0.05) is 17.3 Å². The Bertz CT molecular complexity index is 1060. The van der Waals surface area contributed by atoms with E-state index in [0.29, 0.717) is 16.3 Å². The minimum Gasteiger partial charge on any atom is -0.465 e. The molecule has 2 amide bonds. The highest BCUT2D eigenvalue weighted by molar-refractivity contribution is 6.30. The van der Waals surface area contributed by atoms with E-state index in [-0.39, 0.29) is 30.2 Å². The second kappa shape index (κ2) is 9.76. The molecular weight excluding hydrogens is 408 g/mol. The van der Waals surface area contributed by atoms with E-state index in [1.807, 2.05) is 6.07 Å². The van der Waals surface area contributed by atoms with Crippen LogP contribution in [0.2, 0.25) is 5.02 Å². The molecule has 0 aliphatic carbocycles. The number of amides is 2. The molecule has 1 aromatic heterocycles. The standard InChI is InChI=1S/C22H19ClN2O5/c1-29-22(28)16-8-15(10-18(12-16)25-21(27)19-6-3-7-30-19)13-24-20(26)11-14-4-2-5-17(23)9-14/h2-10,12H,11,13H2,1H3,(H,24,26)(H,25,27). The van der Waals surface area contributed by atoms with Crippen LogP contribution < -0.4 is 10.6 Å². The Morgan fingerprint density at radius 2 is 1.87 bits per heavy atom. The maximum atomic E-state index is 12.3. The summed E-state index contributed by atoms with van der Waals surface area (Å²) in [6.45, 7) is 0.161. The number of furan rings is 1. The zero-order valence-corrected chi connectivity index (χ0v) is 16.9. The van der Waals surface area contributed by atoms with Crippen LogP contribution >= 0.6 is 11.6 Å². The van der Waals surface area contributed by atoms with Crippen molar-refractivity contribution in [2.24, 2.45) is 0 Å². The Kier molecular flexibility index (Phi) is 6.87. The number of esters is 1. The number of benzene rings is 2. The first-order valence-electron chi connectivity index (χ1n) is 9.03. The molecule has 0 saturated carbocycles. The number of ether oxygens (including phenoxy) is 1. The monoisotopic (exact) mass is 426 g/mol. The molecule has 30 heavy (non-hydrogen) atoms. The van der Waals surface area contributed by atoms with Crippen molar-refractivity contribution < 1.29 is 23.5 Å². The summed E-state index contributed by atoms with van der Waals surface area (Å²) in [6, 6.07) is 14.9. The molecule has 3 rings (SSSR count). The quantitative estimate of drug-likeness (QED) is 0.559. The van der Waals surface area contributed by atoms with Crippen LogP contribution in [-0.4, -0.2) is 24.9 Å². The van der Waals surface area contributed by atoms with E-state index in [9.17, 15) is 14.4 Å².